The Kier molecular flexibility index (Phi) is 3.55. The Morgan fingerprint density at radius 3 is 2.86 bits per heavy atom. The van der Waals surface area contributed by atoms with E-state index in [9.17, 15) is 4.79 Å². The number of nitrogens with one attached hydrogen (secondary N) is 1. The quantitative estimate of drug-likeness (QED) is 0.729. The van der Waals surface area contributed by atoms with Crippen LogP contribution >= 0.6 is 0 Å². The molecule has 0 saturated carbocycles. The van der Waals surface area contributed by atoms with Crippen molar-refractivity contribution in [3.8, 4) is 0 Å². The van der Waals surface area contributed by atoms with Crippen LogP contribution in [0.1, 0.15) is 18.5 Å². The van der Waals surface area contributed by atoms with Gasteiger partial charge in [0.25, 0.3) is 0 Å². The second-order valence-corrected chi connectivity index (χ2v) is 5.38. The molecule has 0 aliphatic rings. The van der Waals surface area contributed by atoms with E-state index in [1.165, 1.54) is 0 Å². The zero-order valence-corrected chi connectivity index (χ0v) is 12.6. The van der Waals surface area contributed by atoms with Crippen LogP contribution in [0, 0.1) is 6.92 Å². The molecule has 0 spiro atoms. The van der Waals surface area contributed by atoms with Gasteiger partial charge in [-0.25, -0.2) is 4.98 Å². The lowest BCUT2D eigenvalue weighted by molar-refractivity contribution is -0.118. The largest absolute Gasteiger partial charge is 0.399 e. The molecule has 0 saturated heterocycles. The first-order valence-corrected chi connectivity index (χ1v) is 7.15. The maximum absolute atomic E-state index is 12.5. The van der Waals surface area contributed by atoms with E-state index in [1.54, 1.807) is 12.4 Å². The van der Waals surface area contributed by atoms with Crippen LogP contribution in [-0.4, -0.2) is 15.5 Å². The van der Waals surface area contributed by atoms with Crippen LogP contribution in [0.3, 0.4) is 0 Å². The number of hydrogen-bond donors (Lipinski definition) is 2. The molecule has 3 rings (SSSR count). The van der Waals surface area contributed by atoms with Crippen molar-refractivity contribution in [2.45, 2.75) is 19.9 Å². The highest BCUT2D eigenvalue weighted by molar-refractivity contribution is 5.95. The van der Waals surface area contributed by atoms with Crippen LogP contribution in [0.15, 0.2) is 48.8 Å². The molecule has 3 aromatic rings. The summed E-state index contributed by atoms with van der Waals surface area (Å²) in [4.78, 5) is 16.8. The predicted molar refractivity (Wildman–Crippen MR) is 88.7 cm³/mol. The van der Waals surface area contributed by atoms with Crippen LogP contribution in [-0.2, 0) is 4.79 Å². The Bertz CT molecular complexity index is 838. The summed E-state index contributed by atoms with van der Waals surface area (Å²) in [5, 5.41) is 2.94. The summed E-state index contributed by atoms with van der Waals surface area (Å²) in [5.41, 5.74) is 9.94. The topological polar surface area (TPSA) is 72.9 Å². The fourth-order valence-electron chi connectivity index (χ4n) is 2.42. The van der Waals surface area contributed by atoms with Crippen LogP contribution in [0.5, 0.6) is 0 Å². The van der Waals surface area contributed by atoms with Gasteiger partial charge in [0.2, 0.25) is 5.91 Å². The second-order valence-electron chi connectivity index (χ2n) is 5.38. The van der Waals surface area contributed by atoms with E-state index in [1.807, 2.05) is 54.8 Å². The van der Waals surface area contributed by atoms with E-state index >= 15 is 0 Å². The normalized spacial score (nSPS) is 12.3. The molecule has 1 unspecified atom stereocenters. The standard InChI is InChI=1S/C17H18N4O/c1-11-7-8-13(18)9-15(11)20-17(22)12(2)21-10-19-14-5-3-4-6-16(14)21/h3-10,12H,18H2,1-2H3,(H,20,22). The second kappa shape index (κ2) is 5.52. The number of hydrogen-bond acceptors (Lipinski definition) is 3. The van der Waals surface area contributed by atoms with Gasteiger partial charge in [-0.1, -0.05) is 18.2 Å². The number of carbonyl (C=O) groups excluding carboxylic acids is 1. The SMILES string of the molecule is Cc1ccc(N)cc1NC(=O)C(C)n1cnc2ccccc21. The summed E-state index contributed by atoms with van der Waals surface area (Å²) >= 11 is 0. The van der Waals surface area contributed by atoms with Crippen molar-refractivity contribution in [3.05, 3.63) is 54.4 Å². The number of nitrogens with zero attached hydrogens (tertiary/aromatic N) is 2. The third kappa shape index (κ3) is 2.53. The van der Waals surface area contributed by atoms with Crippen molar-refractivity contribution in [1.29, 1.82) is 0 Å². The summed E-state index contributed by atoms with van der Waals surface area (Å²) in [6.45, 7) is 3.79. The van der Waals surface area contributed by atoms with Gasteiger partial charge < -0.3 is 15.6 Å². The van der Waals surface area contributed by atoms with E-state index in [0.717, 1.165) is 22.3 Å². The number of imidazole rings is 1. The molecule has 1 aromatic heterocycles. The number of carbonyl (C=O) groups is 1. The van der Waals surface area contributed by atoms with Gasteiger partial charge in [0.15, 0.2) is 0 Å². The first kappa shape index (κ1) is 14.1. The molecule has 1 amide bonds. The van der Waals surface area contributed by atoms with E-state index < -0.39 is 0 Å². The number of nitrogens with two attached hydrogens (primary N) is 1. The first-order valence-electron chi connectivity index (χ1n) is 7.15. The van der Waals surface area contributed by atoms with Crippen molar-refractivity contribution in [3.63, 3.8) is 0 Å². The molecule has 0 aliphatic carbocycles. The van der Waals surface area contributed by atoms with Crippen LogP contribution in [0.4, 0.5) is 11.4 Å². The number of benzene rings is 2. The molecule has 112 valence electrons. The molecule has 0 bridgehead atoms. The maximum Gasteiger partial charge on any atom is 0.247 e. The van der Waals surface area contributed by atoms with Crippen molar-refractivity contribution in [2.24, 2.45) is 0 Å². The van der Waals surface area contributed by atoms with Gasteiger partial charge in [-0.3, -0.25) is 4.79 Å². The van der Waals surface area contributed by atoms with E-state index in [0.29, 0.717) is 5.69 Å². The fraction of sp³-hybridized carbons (Fsp3) is 0.176. The van der Waals surface area contributed by atoms with Crippen molar-refractivity contribution in [2.75, 3.05) is 11.1 Å². The zero-order chi connectivity index (χ0) is 15.7. The summed E-state index contributed by atoms with van der Waals surface area (Å²) in [5.74, 6) is -0.100. The van der Waals surface area contributed by atoms with E-state index in [2.05, 4.69) is 10.3 Å². The molecular weight excluding hydrogens is 276 g/mol. The number of para-hydroxylation sites is 2. The highest BCUT2D eigenvalue weighted by Crippen LogP contribution is 2.22. The number of rotatable bonds is 3. The number of amides is 1. The lowest BCUT2D eigenvalue weighted by Crippen LogP contribution is -2.23. The van der Waals surface area contributed by atoms with Crippen molar-refractivity contribution >= 4 is 28.3 Å². The minimum atomic E-state index is -0.367. The number of aromatic nitrogens is 2. The Morgan fingerprint density at radius 2 is 2.05 bits per heavy atom. The number of nitrogen functional groups attached to an aromatic ring is 1. The Balaban J connectivity index is 1.87. The molecule has 0 fully saturated rings. The lowest BCUT2D eigenvalue weighted by Gasteiger charge is -2.16. The molecule has 1 heterocycles. The third-order valence-corrected chi connectivity index (χ3v) is 3.80. The smallest absolute Gasteiger partial charge is 0.247 e. The zero-order valence-electron chi connectivity index (χ0n) is 12.6. The minimum absolute atomic E-state index is 0.100. The number of anilines is 2. The average Bonchev–Trinajstić information content (AvgIpc) is 2.94. The van der Waals surface area contributed by atoms with Gasteiger partial charge >= 0.3 is 0 Å². The Hall–Kier alpha value is -2.82. The van der Waals surface area contributed by atoms with Gasteiger partial charge in [0, 0.05) is 11.4 Å². The molecule has 5 nitrogen and oxygen atoms in total. The van der Waals surface area contributed by atoms with Gasteiger partial charge in [0.05, 0.1) is 17.4 Å². The molecule has 22 heavy (non-hydrogen) atoms. The molecular formula is C17H18N4O. The number of fused-ring (bicyclic) bond motifs is 1. The molecule has 0 aliphatic heterocycles. The fourth-order valence-corrected chi connectivity index (χ4v) is 2.42. The predicted octanol–water partition coefficient (Wildman–Crippen LogP) is 3.13. The molecule has 2 aromatic carbocycles. The third-order valence-electron chi connectivity index (χ3n) is 3.80. The molecule has 3 N–H and O–H groups in total. The molecule has 0 radical (unpaired) electrons. The summed E-state index contributed by atoms with van der Waals surface area (Å²) in [7, 11) is 0. The highest BCUT2D eigenvalue weighted by atomic mass is 16.2. The van der Waals surface area contributed by atoms with Crippen LogP contribution < -0.4 is 11.1 Å². The van der Waals surface area contributed by atoms with Crippen LogP contribution in [0.25, 0.3) is 11.0 Å². The Morgan fingerprint density at radius 1 is 1.27 bits per heavy atom. The summed E-state index contributed by atoms with van der Waals surface area (Å²) in [6, 6.07) is 12.9. The molecule has 1 atom stereocenters. The van der Waals surface area contributed by atoms with Gasteiger partial charge in [-0.15, -0.1) is 0 Å². The van der Waals surface area contributed by atoms with E-state index in [4.69, 9.17) is 5.73 Å². The highest BCUT2D eigenvalue weighted by Gasteiger charge is 2.17. The van der Waals surface area contributed by atoms with Gasteiger partial charge in [-0.2, -0.15) is 0 Å². The molecule has 5 heteroatoms. The summed E-state index contributed by atoms with van der Waals surface area (Å²) < 4.78 is 1.87. The summed E-state index contributed by atoms with van der Waals surface area (Å²) in [6.07, 6.45) is 1.70. The number of aryl methyl sites for hydroxylation is 1. The van der Waals surface area contributed by atoms with Crippen LogP contribution in [0.2, 0.25) is 0 Å². The first-order chi connectivity index (χ1) is 10.6. The monoisotopic (exact) mass is 294 g/mol. The van der Waals surface area contributed by atoms with Gasteiger partial charge in [-0.05, 0) is 43.7 Å². The minimum Gasteiger partial charge on any atom is -0.399 e. The average molecular weight is 294 g/mol. The van der Waals surface area contributed by atoms with Gasteiger partial charge in [0.1, 0.15) is 6.04 Å². The van der Waals surface area contributed by atoms with Crippen molar-refractivity contribution < 1.29 is 4.79 Å². The Labute approximate surface area is 128 Å². The maximum atomic E-state index is 12.5. The lowest BCUT2D eigenvalue weighted by atomic mass is 10.1. The van der Waals surface area contributed by atoms with Crippen molar-refractivity contribution in [1.82, 2.24) is 9.55 Å². The van der Waals surface area contributed by atoms with E-state index in [-0.39, 0.29) is 11.9 Å².